The van der Waals surface area contributed by atoms with Gasteiger partial charge in [0.1, 0.15) is 6.61 Å². The molecule has 2 aliphatic heterocycles. The van der Waals surface area contributed by atoms with Crippen LogP contribution in [0.25, 0.3) is 10.4 Å². The van der Waals surface area contributed by atoms with E-state index in [1.165, 1.54) is 24.3 Å². The Labute approximate surface area is 145 Å². The van der Waals surface area contributed by atoms with E-state index in [1.54, 1.807) is 5.51 Å². The van der Waals surface area contributed by atoms with Gasteiger partial charge in [-0.05, 0) is 37.9 Å². The SMILES string of the molecule is O=C(Nc1ncsc1-c1ccccc1)OCC12CCCN(CC1)C2. The number of anilines is 1. The van der Waals surface area contributed by atoms with Gasteiger partial charge in [-0.3, -0.25) is 5.32 Å². The van der Waals surface area contributed by atoms with Crippen molar-refractivity contribution >= 4 is 23.2 Å². The summed E-state index contributed by atoms with van der Waals surface area (Å²) in [6.45, 7) is 3.88. The second-order valence-corrected chi connectivity index (χ2v) is 7.58. The molecule has 6 heteroatoms. The third kappa shape index (κ3) is 3.16. The summed E-state index contributed by atoms with van der Waals surface area (Å²) in [5.74, 6) is 0.574. The lowest BCUT2D eigenvalue weighted by atomic mass is 9.82. The van der Waals surface area contributed by atoms with Crippen LogP contribution in [0.15, 0.2) is 35.8 Å². The monoisotopic (exact) mass is 343 g/mol. The molecule has 2 atom stereocenters. The number of thiazole rings is 1. The highest BCUT2D eigenvalue weighted by atomic mass is 32.1. The Morgan fingerprint density at radius 2 is 2.17 bits per heavy atom. The number of carbonyl (C=O) groups is 1. The minimum atomic E-state index is -0.406. The van der Waals surface area contributed by atoms with Crippen molar-refractivity contribution in [3.05, 3.63) is 35.8 Å². The normalized spacial score (nSPS) is 25.4. The zero-order valence-electron chi connectivity index (χ0n) is 13.5. The number of carbonyl (C=O) groups excluding carboxylic acids is 1. The van der Waals surface area contributed by atoms with Crippen molar-refractivity contribution < 1.29 is 9.53 Å². The van der Waals surface area contributed by atoms with Gasteiger partial charge in [-0.1, -0.05) is 30.3 Å². The molecule has 0 aliphatic carbocycles. The number of benzene rings is 1. The summed E-state index contributed by atoms with van der Waals surface area (Å²) < 4.78 is 5.55. The van der Waals surface area contributed by atoms with Crippen LogP contribution >= 0.6 is 11.3 Å². The molecule has 24 heavy (non-hydrogen) atoms. The summed E-state index contributed by atoms with van der Waals surface area (Å²) in [7, 11) is 0. The molecule has 2 fully saturated rings. The van der Waals surface area contributed by atoms with Gasteiger partial charge in [-0.15, -0.1) is 11.3 Å². The highest BCUT2D eigenvalue weighted by Gasteiger charge is 2.41. The van der Waals surface area contributed by atoms with Gasteiger partial charge in [-0.25, -0.2) is 9.78 Å². The molecule has 5 nitrogen and oxygen atoms in total. The van der Waals surface area contributed by atoms with E-state index in [1.807, 2.05) is 30.3 Å². The first kappa shape index (κ1) is 15.6. The fourth-order valence-electron chi connectivity index (χ4n) is 3.77. The Balaban J connectivity index is 1.38. The van der Waals surface area contributed by atoms with Crippen LogP contribution in [-0.4, -0.2) is 42.2 Å². The van der Waals surface area contributed by atoms with Gasteiger partial charge in [0.25, 0.3) is 0 Å². The van der Waals surface area contributed by atoms with E-state index in [0.717, 1.165) is 36.4 Å². The molecule has 2 saturated heterocycles. The molecule has 2 aliphatic rings. The standard InChI is InChI=1S/C18H21N3O2S/c22-17(23-12-18-7-4-9-21(11-18)10-8-18)20-16-15(24-13-19-16)14-5-2-1-3-6-14/h1-3,5-6,13H,4,7-12H2,(H,20,22). The van der Waals surface area contributed by atoms with Crippen LogP contribution < -0.4 is 5.32 Å². The van der Waals surface area contributed by atoms with Crippen molar-refractivity contribution in [1.29, 1.82) is 0 Å². The van der Waals surface area contributed by atoms with Crippen molar-refractivity contribution in [2.24, 2.45) is 5.41 Å². The highest BCUT2D eigenvalue weighted by Crippen LogP contribution is 2.39. The third-order valence-corrected chi connectivity index (χ3v) is 5.91. The number of hydrogen-bond donors (Lipinski definition) is 1. The molecule has 1 aromatic heterocycles. The lowest BCUT2D eigenvalue weighted by Gasteiger charge is -2.33. The zero-order valence-corrected chi connectivity index (χ0v) is 14.3. The zero-order chi connectivity index (χ0) is 16.4. The maximum Gasteiger partial charge on any atom is 0.412 e. The molecular weight excluding hydrogens is 322 g/mol. The summed E-state index contributed by atoms with van der Waals surface area (Å²) in [4.78, 5) is 19.9. The van der Waals surface area contributed by atoms with Gasteiger partial charge in [-0.2, -0.15) is 0 Å². The van der Waals surface area contributed by atoms with Gasteiger partial charge in [0.2, 0.25) is 0 Å². The fraction of sp³-hybridized carbons (Fsp3) is 0.444. The molecule has 2 aromatic rings. The molecule has 4 rings (SSSR count). The van der Waals surface area contributed by atoms with Gasteiger partial charge in [0.05, 0.1) is 10.4 Å². The molecule has 126 valence electrons. The molecule has 1 aromatic carbocycles. The number of fused-ring (bicyclic) bond motifs is 2. The van der Waals surface area contributed by atoms with Crippen molar-refractivity contribution in [1.82, 2.24) is 9.88 Å². The summed E-state index contributed by atoms with van der Waals surface area (Å²) in [6, 6.07) is 9.95. The molecule has 1 amide bonds. The van der Waals surface area contributed by atoms with E-state index in [4.69, 9.17) is 4.74 Å². The highest BCUT2D eigenvalue weighted by molar-refractivity contribution is 7.13. The first-order valence-corrected chi connectivity index (χ1v) is 9.27. The molecular formula is C18H21N3O2S. The van der Waals surface area contributed by atoms with Gasteiger partial charge in [0, 0.05) is 12.0 Å². The van der Waals surface area contributed by atoms with Gasteiger partial charge >= 0.3 is 6.09 Å². The van der Waals surface area contributed by atoms with Crippen LogP contribution in [0, 0.1) is 5.41 Å². The Morgan fingerprint density at radius 3 is 3.04 bits per heavy atom. The van der Waals surface area contributed by atoms with E-state index in [-0.39, 0.29) is 5.41 Å². The number of nitrogens with one attached hydrogen (secondary N) is 1. The Kier molecular flexibility index (Phi) is 4.24. The Morgan fingerprint density at radius 1 is 1.29 bits per heavy atom. The van der Waals surface area contributed by atoms with Crippen LogP contribution in [-0.2, 0) is 4.74 Å². The van der Waals surface area contributed by atoms with Crippen molar-refractivity contribution in [3.8, 4) is 10.4 Å². The van der Waals surface area contributed by atoms with E-state index in [9.17, 15) is 4.79 Å². The average molecular weight is 343 g/mol. The maximum absolute atomic E-state index is 12.2. The Bertz CT molecular complexity index is 714. The van der Waals surface area contributed by atoms with Crippen LogP contribution in [0.2, 0.25) is 0 Å². The number of hydrogen-bond acceptors (Lipinski definition) is 5. The second-order valence-electron chi connectivity index (χ2n) is 6.73. The lowest BCUT2D eigenvalue weighted by Crippen LogP contribution is -2.37. The third-order valence-electron chi connectivity index (χ3n) is 5.03. The van der Waals surface area contributed by atoms with E-state index >= 15 is 0 Å². The number of nitrogens with zero attached hydrogens (tertiary/aromatic N) is 2. The lowest BCUT2D eigenvalue weighted by molar-refractivity contribution is 0.0720. The van der Waals surface area contributed by atoms with Crippen molar-refractivity contribution in [3.63, 3.8) is 0 Å². The van der Waals surface area contributed by atoms with Crippen LogP contribution in [0.1, 0.15) is 19.3 Å². The predicted octanol–water partition coefficient (Wildman–Crippen LogP) is 3.84. The fourth-order valence-corrected chi connectivity index (χ4v) is 4.52. The maximum atomic E-state index is 12.2. The van der Waals surface area contributed by atoms with Crippen LogP contribution in [0.3, 0.4) is 0 Å². The molecule has 2 bridgehead atoms. The number of ether oxygens (including phenoxy) is 1. The minimum absolute atomic E-state index is 0.167. The quantitative estimate of drug-likeness (QED) is 0.916. The van der Waals surface area contributed by atoms with Gasteiger partial charge in [0.15, 0.2) is 5.82 Å². The second kappa shape index (κ2) is 6.53. The number of piperidine rings is 1. The van der Waals surface area contributed by atoms with Gasteiger partial charge < -0.3 is 9.64 Å². The molecule has 0 spiro atoms. The van der Waals surface area contributed by atoms with Crippen molar-refractivity contribution in [2.45, 2.75) is 19.3 Å². The number of amides is 1. The largest absolute Gasteiger partial charge is 0.449 e. The number of rotatable bonds is 4. The predicted molar refractivity (Wildman–Crippen MR) is 95.2 cm³/mol. The van der Waals surface area contributed by atoms with E-state index < -0.39 is 6.09 Å². The molecule has 1 N–H and O–H groups in total. The first-order chi connectivity index (χ1) is 11.7. The first-order valence-electron chi connectivity index (χ1n) is 8.39. The van der Waals surface area contributed by atoms with Crippen LogP contribution in [0.4, 0.5) is 10.6 Å². The Hall–Kier alpha value is -1.92. The average Bonchev–Trinajstić information content (AvgIpc) is 3.18. The summed E-state index contributed by atoms with van der Waals surface area (Å²) in [5.41, 5.74) is 2.96. The molecule has 2 unspecified atom stereocenters. The minimum Gasteiger partial charge on any atom is -0.449 e. The van der Waals surface area contributed by atoms with Crippen molar-refractivity contribution in [2.75, 3.05) is 31.6 Å². The van der Waals surface area contributed by atoms with E-state index in [2.05, 4.69) is 15.2 Å². The summed E-state index contributed by atoms with van der Waals surface area (Å²) in [5, 5.41) is 2.81. The van der Waals surface area contributed by atoms with E-state index in [0.29, 0.717) is 12.4 Å². The summed E-state index contributed by atoms with van der Waals surface area (Å²) in [6.07, 6.45) is 3.08. The molecule has 0 saturated carbocycles. The smallest absolute Gasteiger partial charge is 0.412 e. The summed E-state index contributed by atoms with van der Waals surface area (Å²) >= 11 is 1.51. The molecule has 0 radical (unpaired) electrons. The number of aromatic nitrogens is 1. The molecule has 3 heterocycles. The topological polar surface area (TPSA) is 54.5 Å². The van der Waals surface area contributed by atoms with Crippen LogP contribution in [0.5, 0.6) is 0 Å².